The Balaban J connectivity index is 1.93. The second-order valence-electron chi connectivity index (χ2n) is 5.88. The molecule has 0 bridgehead atoms. The average molecular weight is 352 g/mol. The van der Waals surface area contributed by atoms with E-state index in [1.807, 2.05) is 0 Å². The number of nitrogens with zero attached hydrogens (tertiary/aromatic N) is 3. The van der Waals surface area contributed by atoms with E-state index in [0.29, 0.717) is 32.0 Å². The lowest BCUT2D eigenvalue weighted by molar-refractivity contribution is -0.143. The Morgan fingerprint density at radius 3 is 2.48 bits per heavy atom. The minimum atomic E-state index is -4.63. The molecule has 1 saturated carbocycles. The number of carbonyl (C=O) groups is 1. The van der Waals surface area contributed by atoms with E-state index >= 15 is 0 Å². The van der Waals surface area contributed by atoms with Crippen LogP contribution in [0.5, 0.6) is 0 Å². The maximum atomic E-state index is 13.1. The van der Waals surface area contributed by atoms with Gasteiger partial charge in [0.15, 0.2) is 5.69 Å². The van der Waals surface area contributed by atoms with E-state index in [-0.39, 0.29) is 16.8 Å². The predicted octanol–water partition coefficient (Wildman–Crippen LogP) is 2.85. The molecular weight excluding hydrogens is 335 g/mol. The van der Waals surface area contributed by atoms with Gasteiger partial charge in [0.05, 0.1) is 23.9 Å². The molecule has 9 heteroatoms. The maximum absolute atomic E-state index is 13.1. The number of morpholine rings is 1. The highest BCUT2D eigenvalue weighted by Crippen LogP contribution is 2.47. The van der Waals surface area contributed by atoms with Crippen LogP contribution in [0.2, 0.25) is 5.02 Å². The van der Waals surface area contributed by atoms with Crippen LogP contribution in [0.25, 0.3) is 0 Å². The average Bonchev–Trinajstić information content (AvgIpc) is 3.28. The molecule has 2 heterocycles. The van der Waals surface area contributed by atoms with Crippen LogP contribution >= 0.6 is 11.6 Å². The van der Waals surface area contributed by atoms with Gasteiger partial charge in [0.25, 0.3) is 0 Å². The molecule has 1 aliphatic carbocycles. The Labute approximate surface area is 136 Å². The summed E-state index contributed by atoms with van der Waals surface area (Å²) in [6.45, 7) is 3.29. The van der Waals surface area contributed by atoms with Gasteiger partial charge in [-0.1, -0.05) is 11.6 Å². The van der Waals surface area contributed by atoms with Gasteiger partial charge < -0.3 is 9.64 Å². The molecule has 0 spiro atoms. The summed E-state index contributed by atoms with van der Waals surface area (Å²) in [6, 6.07) is -0.822. The van der Waals surface area contributed by atoms with E-state index in [9.17, 15) is 18.0 Å². The minimum Gasteiger partial charge on any atom is -0.378 e. The Bertz CT molecular complexity index is 607. The zero-order valence-corrected chi connectivity index (χ0v) is 13.3. The van der Waals surface area contributed by atoms with Crippen LogP contribution in [0, 0.1) is 0 Å². The van der Waals surface area contributed by atoms with E-state index in [4.69, 9.17) is 16.3 Å². The van der Waals surface area contributed by atoms with Crippen molar-refractivity contribution in [2.45, 2.75) is 37.9 Å². The number of amides is 1. The van der Waals surface area contributed by atoms with Crippen molar-refractivity contribution in [3.8, 4) is 0 Å². The molecule has 0 unspecified atom stereocenters. The molecule has 128 valence electrons. The highest BCUT2D eigenvalue weighted by Gasteiger charge is 2.43. The Morgan fingerprint density at radius 1 is 1.35 bits per heavy atom. The summed E-state index contributed by atoms with van der Waals surface area (Å²) in [5, 5.41) is 3.27. The van der Waals surface area contributed by atoms with Crippen molar-refractivity contribution in [1.29, 1.82) is 0 Å². The molecule has 0 N–H and O–H groups in total. The van der Waals surface area contributed by atoms with Crippen molar-refractivity contribution in [2.75, 3.05) is 26.3 Å². The molecule has 1 aromatic heterocycles. The summed E-state index contributed by atoms with van der Waals surface area (Å²) >= 11 is 5.94. The fraction of sp³-hybridized carbons (Fsp3) is 0.714. The first-order valence-electron chi connectivity index (χ1n) is 7.52. The third kappa shape index (κ3) is 3.19. The van der Waals surface area contributed by atoms with Crippen LogP contribution in [0.4, 0.5) is 13.2 Å². The molecule has 2 aliphatic rings. The topological polar surface area (TPSA) is 47.4 Å². The molecule has 2 fully saturated rings. The van der Waals surface area contributed by atoms with Gasteiger partial charge in [-0.2, -0.15) is 18.3 Å². The lowest BCUT2D eigenvalue weighted by Crippen LogP contribution is -2.44. The number of carbonyl (C=O) groups excluding carboxylic acids is 1. The number of ether oxygens (including phenoxy) is 1. The normalized spacial score (nSPS) is 20.7. The van der Waals surface area contributed by atoms with Gasteiger partial charge in [-0.05, 0) is 19.8 Å². The first-order chi connectivity index (χ1) is 10.8. The fourth-order valence-corrected chi connectivity index (χ4v) is 3.17. The maximum Gasteiger partial charge on any atom is 0.436 e. The number of rotatable bonds is 3. The summed E-state index contributed by atoms with van der Waals surface area (Å²) in [4.78, 5) is 14.1. The van der Waals surface area contributed by atoms with Crippen molar-refractivity contribution >= 4 is 17.5 Å². The molecule has 1 atom stereocenters. The summed E-state index contributed by atoms with van der Waals surface area (Å²) in [5.74, 6) is -0.311. The van der Waals surface area contributed by atoms with Crippen molar-refractivity contribution in [3.63, 3.8) is 0 Å². The monoisotopic (exact) mass is 351 g/mol. The Hall–Kier alpha value is -1.28. The molecule has 0 radical (unpaired) electrons. The third-order valence-corrected chi connectivity index (χ3v) is 4.54. The van der Waals surface area contributed by atoms with Gasteiger partial charge in [0.2, 0.25) is 5.91 Å². The fourth-order valence-electron chi connectivity index (χ4n) is 2.78. The first kappa shape index (κ1) is 16.6. The van der Waals surface area contributed by atoms with E-state index in [1.165, 1.54) is 4.68 Å². The van der Waals surface area contributed by atoms with Gasteiger partial charge >= 0.3 is 6.18 Å². The molecule has 5 nitrogen and oxygen atoms in total. The second-order valence-corrected chi connectivity index (χ2v) is 6.26. The van der Waals surface area contributed by atoms with Crippen LogP contribution in [0.15, 0.2) is 0 Å². The zero-order valence-electron chi connectivity index (χ0n) is 12.6. The molecular formula is C14H17ClF3N3O2. The first-order valence-corrected chi connectivity index (χ1v) is 7.90. The molecule has 3 rings (SSSR count). The number of aromatic nitrogens is 2. The standard InChI is InChI=1S/C14H17ClF3N3O2/c1-8(13(22)20-4-6-23-7-5-20)21-11(9-2-3-9)10(15)12(19-21)14(16,17)18/h8-9H,2-7H2,1H3/t8-/m1/s1. The predicted molar refractivity (Wildman–Crippen MR) is 76.3 cm³/mol. The van der Waals surface area contributed by atoms with Crippen molar-refractivity contribution in [2.24, 2.45) is 0 Å². The molecule has 1 aliphatic heterocycles. The van der Waals surface area contributed by atoms with E-state index in [1.54, 1.807) is 11.8 Å². The van der Waals surface area contributed by atoms with Gasteiger partial charge in [-0.25, -0.2) is 0 Å². The van der Waals surface area contributed by atoms with E-state index in [2.05, 4.69) is 5.10 Å². The number of hydrogen-bond acceptors (Lipinski definition) is 3. The van der Waals surface area contributed by atoms with Crippen LogP contribution in [0.3, 0.4) is 0 Å². The van der Waals surface area contributed by atoms with E-state index in [0.717, 1.165) is 12.8 Å². The smallest absolute Gasteiger partial charge is 0.378 e. The quantitative estimate of drug-likeness (QED) is 0.841. The number of alkyl halides is 3. The molecule has 1 saturated heterocycles. The number of halogens is 4. The van der Waals surface area contributed by atoms with Gasteiger partial charge in [0, 0.05) is 19.0 Å². The van der Waals surface area contributed by atoms with Gasteiger partial charge in [-0.3, -0.25) is 9.48 Å². The summed E-state index contributed by atoms with van der Waals surface area (Å²) in [5.41, 5.74) is -0.782. The molecule has 1 aromatic rings. The summed E-state index contributed by atoms with van der Waals surface area (Å²) < 4.78 is 45.6. The van der Waals surface area contributed by atoms with Crippen molar-refractivity contribution < 1.29 is 22.7 Å². The van der Waals surface area contributed by atoms with Gasteiger partial charge in [0.1, 0.15) is 6.04 Å². The second kappa shape index (κ2) is 5.98. The third-order valence-electron chi connectivity index (χ3n) is 4.17. The highest BCUT2D eigenvalue weighted by molar-refractivity contribution is 6.32. The van der Waals surface area contributed by atoms with E-state index < -0.39 is 17.9 Å². The SMILES string of the molecule is C[C@H](C(=O)N1CCOCC1)n1nc(C(F)(F)F)c(Cl)c1C1CC1. The van der Waals surface area contributed by atoms with Crippen LogP contribution in [-0.4, -0.2) is 46.9 Å². The van der Waals surface area contributed by atoms with Crippen LogP contribution in [0.1, 0.15) is 43.1 Å². The largest absolute Gasteiger partial charge is 0.436 e. The van der Waals surface area contributed by atoms with Crippen LogP contribution in [-0.2, 0) is 15.7 Å². The van der Waals surface area contributed by atoms with Crippen LogP contribution < -0.4 is 0 Å². The Kier molecular flexibility index (Phi) is 4.31. The molecule has 23 heavy (non-hydrogen) atoms. The lowest BCUT2D eigenvalue weighted by atomic mass is 10.2. The van der Waals surface area contributed by atoms with Crippen molar-refractivity contribution in [1.82, 2.24) is 14.7 Å². The lowest BCUT2D eigenvalue weighted by Gasteiger charge is -2.29. The summed E-state index contributed by atoms with van der Waals surface area (Å²) in [6.07, 6.45) is -3.10. The highest BCUT2D eigenvalue weighted by atomic mass is 35.5. The minimum absolute atomic E-state index is 0.0500. The van der Waals surface area contributed by atoms with Gasteiger partial charge in [-0.15, -0.1) is 0 Å². The summed E-state index contributed by atoms with van der Waals surface area (Å²) in [7, 11) is 0. The molecule has 0 aromatic carbocycles. The Morgan fingerprint density at radius 2 is 1.96 bits per heavy atom. The van der Waals surface area contributed by atoms with Crippen molar-refractivity contribution in [3.05, 3.63) is 16.4 Å². The molecule has 1 amide bonds. The zero-order chi connectivity index (χ0) is 16.8. The number of hydrogen-bond donors (Lipinski definition) is 0.